The van der Waals surface area contributed by atoms with Crippen molar-refractivity contribution in [2.24, 2.45) is 0 Å². The predicted octanol–water partition coefficient (Wildman–Crippen LogP) is 3.08. The highest BCUT2D eigenvalue weighted by Crippen LogP contribution is 2.18. The topological polar surface area (TPSA) is 80.5 Å². The van der Waals surface area contributed by atoms with E-state index in [0.29, 0.717) is 29.6 Å². The summed E-state index contributed by atoms with van der Waals surface area (Å²) in [5, 5.41) is 4.61. The molecular weight excluding hydrogens is 360 g/mol. The monoisotopic (exact) mass is 386 g/mol. The van der Waals surface area contributed by atoms with Crippen LogP contribution in [-0.2, 0) is 6.54 Å². The number of aromatic nitrogens is 1. The summed E-state index contributed by atoms with van der Waals surface area (Å²) in [6.07, 6.45) is 9.44. The van der Waals surface area contributed by atoms with Gasteiger partial charge in [-0.25, -0.2) is 4.98 Å². The van der Waals surface area contributed by atoms with Crippen LogP contribution in [0.3, 0.4) is 0 Å². The molecule has 27 heavy (non-hydrogen) atoms. The summed E-state index contributed by atoms with van der Waals surface area (Å²) in [5.41, 5.74) is 7.47. The third-order valence-electron chi connectivity index (χ3n) is 4.43. The molecule has 2 aromatic rings. The second kappa shape index (κ2) is 10.1. The van der Waals surface area contributed by atoms with Gasteiger partial charge in [-0.1, -0.05) is 12.5 Å². The van der Waals surface area contributed by atoms with Crippen LogP contribution in [0.15, 0.2) is 41.9 Å². The number of carbonyl (C=O) groups excluding carboxylic acids is 1. The van der Waals surface area contributed by atoms with E-state index in [1.165, 1.54) is 49.3 Å². The molecule has 3 N–H and O–H groups in total. The number of anilines is 1. The van der Waals surface area contributed by atoms with Crippen LogP contribution >= 0.6 is 11.3 Å². The third kappa shape index (κ3) is 6.08. The Hall–Kier alpha value is -2.38. The van der Waals surface area contributed by atoms with Gasteiger partial charge in [0, 0.05) is 25.4 Å². The van der Waals surface area contributed by atoms with Crippen molar-refractivity contribution in [1.29, 1.82) is 0 Å². The van der Waals surface area contributed by atoms with Crippen LogP contribution in [0, 0.1) is 0 Å². The Labute approximate surface area is 164 Å². The summed E-state index contributed by atoms with van der Waals surface area (Å²) in [6.45, 7) is 4.14. The molecule has 1 aliphatic heterocycles. The number of nitrogens with two attached hydrogens (primary N) is 1. The van der Waals surface area contributed by atoms with Crippen molar-refractivity contribution < 1.29 is 9.53 Å². The van der Waals surface area contributed by atoms with Gasteiger partial charge in [-0.3, -0.25) is 9.69 Å². The van der Waals surface area contributed by atoms with Crippen LogP contribution in [-0.4, -0.2) is 42.0 Å². The summed E-state index contributed by atoms with van der Waals surface area (Å²) >= 11 is 1.34. The molecular formula is C20H26N4O2S. The molecule has 144 valence electrons. The van der Waals surface area contributed by atoms with Crippen molar-refractivity contribution in [1.82, 2.24) is 15.2 Å². The van der Waals surface area contributed by atoms with Gasteiger partial charge in [-0.2, -0.15) is 0 Å². The van der Waals surface area contributed by atoms with Crippen molar-refractivity contribution >= 4 is 22.9 Å². The predicted molar refractivity (Wildman–Crippen MR) is 109 cm³/mol. The number of rotatable bonds is 8. The zero-order valence-corrected chi connectivity index (χ0v) is 16.2. The van der Waals surface area contributed by atoms with Gasteiger partial charge < -0.3 is 15.8 Å². The second-order valence-electron chi connectivity index (χ2n) is 6.54. The van der Waals surface area contributed by atoms with Crippen molar-refractivity contribution in [2.45, 2.75) is 25.8 Å². The van der Waals surface area contributed by atoms with Gasteiger partial charge in [0.15, 0.2) is 0 Å². The Morgan fingerprint density at radius 2 is 2.15 bits per heavy atom. The lowest BCUT2D eigenvalue weighted by Crippen LogP contribution is -2.29. The standard InChI is InChI=1S/C20H26N4O2S/c21-17-7-13-27-19(17)20(25)23-8-2-5-12-26-18-14-16(6-9-22-18)15-24-10-3-1-4-11-24/h2,5-7,9,13-14H,1,3-4,8,10-12,15,21H2,(H,23,25)/b5-2-. The SMILES string of the molecule is Nc1ccsc1C(=O)NC/C=C\COc1cc(CN2CCCCC2)ccn1. The lowest BCUT2D eigenvalue weighted by molar-refractivity contribution is 0.0962. The number of likely N-dealkylation sites (tertiary alicyclic amines) is 1. The summed E-state index contributed by atoms with van der Waals surface area (Å²) in [7, 11) is 0. The van der Waals surface area contributed by atoms with E-state index in [1.807, 2.05) is 24.3 Å². The van der Waals surface area contributed by atoms with Crippen LogP contribution in [0.25, 0.3) is 0 Å². The summed E-state index contributed by atoms with van der Waals surface area (Å²) in [6, 6.07) is 5.78. The van der Waals surface area contributed by atoms with Gasteiger partial charge in [-0.15, -0.1) is 11.3 Å². The van der Waals surface area contributed by atoms with E-state index in [9.17, 15) is 4.79 Å². The molecule has 0 bridgehead atoms. The molecule has 0 atom stereocenters. The van der Waals surface area contributed by atoms with Crippen LogP contribution in [0.1, 0.15) is 34.5 Å². The number of hydrogen-bond acceptors (Lipinski definition) is 6. The first kappa shape index (κ1) is 19.4. The highest BCUT2D eigenvalue weighted by Gasteiger charge is 2.11. The fourth-order valence-corrected chi connectivity index (χ4v) is 3.76. The maximum absolute atomic E-state index is 11.9. The average molecular weight is 387 g/mol. The van der Waals surface area contributed by atoms with Crippen LogP contribution < -0.4 is 15.8 Å². The van der Waals surface area contributed by atoms with Gasteiger partial charge in [-0.05, 0) is 55.1 Å². The number of carbonyl (C=O) groups is 1. The van der Waals surface area contributed by atoms with E-state index < -0.39 is 0 Å². The quantitative estimate of drug-likeness (QED) is 0.682. The van der Waals surface area contributed by atoms with E-state index in [1.54, 1.807) is 17.6 Å². The molecule has 3 rings (SSSR count). The first-order valence-electron chi connectivity index (χ1n) is 9.28. The molecule has 0 spiro atoms. The van der Waals surface area contributed by atoms with E-state index in [2.05, 4.69) is 15.2 Å². The van der Waals surface area contributed by atoms with Gasteiger partial charge >= 0.3 is 0 Å². The molecule has 1 saturated heterocycles. The summed E-state index contributed by atoms with van der Waals surface area (Å²) in [4.78, 5) is 19.2. The van der Waals surface area contributed by atoms with Crippen LogP contribution in [0.2, 0.25) is 0 Å². The number of nitrogen functional groups attached to an aromatic ring is 1. The number of pyridine rings is 1. The van der Waals surface area contributed by atoms with E-state index >= 15 is 0 Å². The first-order valence-corrected chi connectivity index (χ1v) is 10.2. The smallest absolute Gasteiger partial charge is 0.263 e. The van der Waals surface area contributed by atoms with Crippen LogP contribution in [0.4, 0.5) is 5.69 Å². The molecule has 2 aromatic heterocycles. The van der Waals surface area contributed by atoms with E-state index in [-0.39, 0.29) is 5.91 Å². The Bertz CT molecular complexity index is 769. The summed E-state index contributed by atoms with van der Waals surface area (Å²) < 4.78 is 5.69. The Balaban J connectivity index is 1.38. The minimum absolute atomic E-state index is 0.153. The highest BCUT2D eigenvalue weighted by atomic mass is 32.1. The second-order valence-corrected chi connectivity index (χ2v) is 7.45. The van der Waals surface area contributed by atoms with Gasteiger partial charge in [0.05, 0.1) is 5.69 Å². The Morgan fingerprint density at radius 1 is 1.30 bits per heavy atom. The molecule has 0 unspecified atom stereocenters. The maximum atomic E-state index is 11.9. The fourth-order valence-electron chi connectivity index (χ4n) is 3.02. The highest BCUT2D eigenvalue weighted by molar-refractivity contribution is 7.12. The molecule has 0 aliphatic carbocycles. The lowest BCUT2D eigenvalue weighted by Gasteiger charge is -2.26. The minimum atomic E-state index is -0.153. The van der Waals surface area contributed by atoms with Gasteiger partial charge in [0.2, 0.25) is 5.88 Å². The number of nitrogens with one attached hydrogen (secondary N) is 1. The molecule has 1 aliphatic rings. The number of hydrogen-bond donors (Lipinski definition) is 2. The minimum Gasteiger partial charge on any atom is -0.473 e. The normalized spacial score (nSPS) is 15.1. The molecule has 3 heterocycles. The molecule has 1 amide bonds. The van der Waals surface area contributed by atoms with Crippen molar-refractivity contribution in [3.63, 3.8) is 0 Å². The zero-order chi connectivity index (χ0) is 18.9. The largest absolute Gasteiger partial charge is 0.473 e. The van der Waals surface area contributed by atoms with Gasteiger partial charge in [0.25, 0.3) is 5.91 Å². The molecule has 0 saturated carbocycles. The molecule has 1 fully saturated rings. The molecule has 0 aromatic carbocycles. The van der Waals surface area contributed by atoms with Crippen molar-refractivity contribution in [2.75, 3.05) is 32.0 Å². The number of amides is 1. The molecule has 0 radical (unpaired) electrons. The number of ether oxygens (including phenoxy) is 1. The number of thiophene rings is 1. The number of piperidine rings is 1. The lowest BCUT2D eigenvalue weighted by atomic mass is 10.1. The average Bonchev–Trinajstić information content (AvgIpc) is 3.11. The molecule has 7 heteroatoms. The van der Waals surface area contributed by atoms with Gasteiger partial charge in [0.1, 0.15) is 11.5 Å². The van der Waals surface area contributed by atoms with Crippen molar-refractivity contribution in [3.8, 4) is 5.88 Å². The Morgan fingerprint density at radius 3 is 2.93 bits per heavy atom. The summed E-state index contributed by atoms with van der Waals surface area (Å²) in [5.74, 6) is 0.477. The first-order chi connectivity index (χ1) is 13.2. The Kier molecular flexibility index (Phi) is 7.24. The third-order valence-corrected chi connectivity index (χ3v) is 5.36. The van der Waals surface area contributed by atoms with Crippen molar-refractivity contribution in [3.05, 3.63) is 52.4 Å². The maximum Gasteiger partial charge on any atom is 0.263 e. The van der Waals surface area contributed by atoms with E-state index in [0.717, 1.165) is 6.54 Å². The number of nitrogens with zero attached hydrogens (tertiary/aromatic N) is 2. The molecule has 6 nitrogen and oxygen atoms in total. The van der Waals surface area contributed by atoms with Crippen LogP contribution in [0.5, 0.6) is 5.88 Å². The van der Waals surface area contributed by atoms with E-state index in [4.69, 9.17) is 10.5 Å². The zero-order valence-electron chi connectivity index (χ0n) is 15.4. The fraction of sp³-hybridized carbons (Fsp3) is 0.400.